The third-order valence-electron chi connectivity index (χ3n) is 4.11. The standard InChI is InChI=1S/C18H17N3OS2/c1-11-4-2-5-12(8-11)21-15(22)9-23-17-16-13-6-3-7-14(13)24-18(16)20-10-19-17/h2,4-5,8,10H,3,6-7,9H2,1H3,(H,21,22). The third kappa shape index (κ3) is 3.03. The number of hydrogen-bond acceptors (Lipinski definition) is 5. The molecule has 4 nitrogen and oxygen atoms in total. The Hall–Kier alpha value is -1.92. The molecule has 1 aromatic carbocycles. The molecule has 1 amide bonds. The van der Waals surface area contributed by atoms with Crippen molar-refractivity contribution in [2.24, 2.45) is 0 Å². The average Bonchev–Trinajstić information content (AvgIpc) is 3.13. The van der Waals surface area contributed by atoms with Gasteiger partial charge < -0.3 is 5.32 Å². The number of hydrogen-bond donors (Lipinski definition) is 1. The van der Waals surface area contributed by atoms with Crippen molar-refractivity contribution in [3.8, 4) is 0 Å². The number of benzene rings is 1. The normalized spacial score (nSPS) is 13.2. The van der Waals surface area contributed by atoms with E-state index in [1.165, 1.54) is 34.0 Å². The first-order valence-corrected chi connectivity index (χ1v) is 9.75. The summed E-state index contributed by atoms with van der Waals surface area (Å²) >= 11 is 3.27. The Balaban J connectivity index is 1.50. The predicted octanol–water partition coefficient (Wildman–Crippen LogP) is 4.22. The Kier molecular flexibility index (Phi) is 4.24. The molecule has 0 bridgehead atoms. The molecule has 1 aliphatic rings. The number of thioether (sulfide) groups is 1. The van der Waals surface area contributed by atoms with Crippen LogP contribution in [0.5, 0.6) is 0 Å². The van der Waals surface area contributed by atoms with E-state index in [1.54, 1.807) is 17.7 Å². The van der Waals surface area contributed by atoms with Crippen LogP contribution in [-0.2, 0) is 17.6 Å². The molecule has 0 saturated heterocycles. The van der Waals surface area contributed by atoms with Gasteiger partial charge in [-0.1, -0.05) is 23.9 Å². The number of thiophene rings is 1. The van der Waals surface area contributed by atoms with Crippen molar-refractivity contribution < 1.29 is 4.79 Å². The van der Waals surface area contributed by atoms with Gasteiger partial charge in [-0.15, -0.1) is 11.3 Å². The number of carbonyl (C=O) groups excluding carboxylic acids is 1. The number of carbonyl (C=O) groups is 1. The van der Waals surface area contributed by atoms with Gasteiger partial charge >= 0.3 is 0 Å². The molecule has 122 valence electrons. The number of aromatic nitrogens is 2. The summed E-state index contributed by atoms with van der Waals surface area (Å²) in [6, 6.07) is 7.83. The average molecular weight is 355 g/mol. The van der Waals surface area contributed by atoms with Gasteiger partial charge in [0.25, 0.3) is 0 Å². The minimum Gasteiger partial charge on any atom is -0.325 e. The number of nitrogens with one attached hydrogen (secondary N) is 1. The molecule has 1 N–H and O–H groups in total. The van der Waals surface area contributed by atoms with Crippen molar-refractivity contribution in [1.82, 2.24) is 9.97 Å². The number of fused-ring (bicyclic) bond motifs is 3. The first-order chi connectivity index (χ1) is 11.7. The monoisotopic (exact) mass is 355 g/mol. The Morgan fingerprint density at radius 2 is 2.25 bits per heavy atom. The number of aryl methyl sites for hydroxylation is 3. The second-order valence-corrected chi connectivity index (χ2v) is 7.97. The van der Waals surface area contributed by atoms with Gasteiger partial charge in [0.05, 0.1) is 5.75 Å². The molecule has 0 aliphatic heterocycles. The zero-order valence-electron chi connectivity index (χ0n) is 13.3. The highest BCUT2D eigenvalue weighted by Gasteiger charge is 2.21. The van der Waals surface area contributed by atoms with Gasteiger partial charge in [0, 0.05) is 16.0 Å². The molecule has 0 radical (unpaired) electrons. The number of nitrogens with zero attached hydrogens (tertiary/aromatic N) is 2. The predicted molar refractivity (Wildman–Crippen MR) is 100.0 cm³/mol. The molecule has 4 rings (SSSR count). The van der Waals surface area contributed by atoms with Crippen molar-refractivity contribution in [1.29, 1.82) is 0 Å². The van der Waals surface area contributed by atoms with Gasteiger partial charge in [-0.05, 0) is 49.4 Å². The smallest absolute Gasteiger partial charge is 0.234 e. The van der Waals surface area contributed by atoms with Gasteiger partial charge in [-0.25, -0.2) is 9.97 Å². The fourth-order valence-electron chi connectivity index (χ4n) is 3.06. The van der Waals surface area contributed by atoms with Crippen LogP contribution in [0.4, 0.5) is 5.69 Å². The van der Waals surface area contributed by atoms with E-state index in [-0.39, 0.29) is 5.91 Å². The van der Waals surface area contributed by atoms with E-state index in [9.17, 15) is 4.79 Å². The minimum absolute atomic E-state index is 0.00997. The second kappa shape index (κ2) is 6.53. The van der Waals surface area contributed by atoms with Crippen LogP contribution in [0.2, 0.25) is 0 Å². The summed E-state index contributed by atoms with van der Waals surface area (Å²) in [5.74, 6) is 0.342. The Bertz CT molecular complexity index is 920. The quantitative estimate of drug-likeness (QED) is 0.562. The van der Waals surface area contributed by atoms with Crippen LogP contribution in [0.15, 0.2) is 35.6 Å². The van der Waals surface area contributed by atoms with E-state index in [0.717, 1.165) is 33.9 Å². The summed E-state index contributed by atoms with van der Waals surface area (Å²) in [5, 5.41) is 5.05. The molecule has 2 heterocycles. The lowest BCUT2D eigenvalue weighted by atomic mass is 10.2. The largest absolute Gasteiger partial charge is 0.325 e. The van der Waals surface area contributed by atoms with E-state index >= 15 is 0 Å². The summed E-state index contributed by atoms with van der Waals surface area (Å²) in [6.45, 7) is 2.01. The molecule has 0 fully saturated rings. The van der Waals surface area contributed by atoms with Crippen molar-refractivity contribution in [2.45, 2.75) is 31.2 Å². The van der Waals surface area contributed by atoms with Crippen molar-refractivity contribution in [3.63, 3.8) is 0 Å². The molecular weight excluding hydrogens is 338 g/mol. The van der Waals surface area contributed by atoms with E-state index in [1.807, 2.05) is 31.2 Å². The van der Waals surface area contributed by atoms with Crippen molar-refractivity contribution >= 4 is 44.9 Å². The zero-order chi connectivity index (χ0) is 16.5. The van der Waals surface area contributed by atoms with Crippen LogP contribution in [0.25, 0.3) is 10.2 Å². The summed E-state index contributed by atoms with van der Waals surface area (Å²) in [5.41, 5.74) is 3.37. The van der Waals surface area contributed by atoms with Crippen LogP contribution in [0.3, 0.4) is 0 Å². The summed E-state index contributed by atoms with van der Waals surface area (Å²) < 4.78 is 0. The molecular formula is C18H17N3OS2. The van der Waals surface area contributed by atoms with Gasteiger partial charge in [0.2, 0.25) is 5.91 Å². The molecule has 0 atom stereocenters. The SMILES string of the molecule is Cc1cccc(NC(=O)CSc2ncnc3sc4c(c23)CCC4)c1. The van der Waals surface area contributed by atoms with E-state index in [4.69, 9.17) is 0 Å². The second-order valence-electron chi connectivity index (χ2n) is 5.92. The van der Waals surface area contributed by atoms with E-state index in [0.29, 0.717) is 5.75 Å². The molecule has 0 saturated carbocycles. The summed E-state index contributed by atoms with van der Waals surface area (Å²) in [7, 11) is 0. The van der Waals surface area contributed by atoms with Crippen LogP contribution in [-0.4, -0.2) is 21.6 Å². The number of rotatable bonds is 4. The third-order valence-corrected chi connectivity index (χ3v) is 6.30. The lowest BCUT2D eigenvalue weighted by molar-refractivity contribution is -0.113. The van der Waals surface area contributed by atoms with E-state index < -0.39 is 0 Å². The maximum Gasteiger partial charge on any atom is 0.234 e. The highest BCUT2D eigenvalue weighted by atomic mass is 32.2. The highest BCUT2D eigenvalue weighted by Crippen LogP contribution is 2.39. The zero-order valence-corrected chi connectivity index (χ0v) is 15.0. The van der Waals surface area contributed by atoms with Crippen molar-refractivity contribution in [2.75, 3.05) is 11.1 Å². The van der Waals surface area contributed by atoms with Gasteiger partial charge in [0.15, 0.2) is 0 Å². The first-order valence-electron chi connectivity index (χ1n) is 7.95. The highest BCUT2D eigenvalue weighted by molar-refractivity contribution is 8.00. The van der Waals surface area contributed by atoms with Gasteiger partial charge in [-0.2, -0.15) is 0 Å². The molecule has 2 aromatic heterocycles. The minimum atomic E-state index is -0.00997. The fraction of sp³-hybridized carbons (Fsp3) is 0.278. The summed E-state index contributed by atoms with van der Waals surface area (Å²) in [6.07, 6.45) is 5.07. The van der Waals surface area contributed by atoms with Crippen LogP contribution in [0.1, 0.15) is 22.4 Å². The summed E-state index contributed by atoms with van der Waals surface area (Å²) in [4.78, 5) is 23.6. The van der Waals surface area contributed by atoms with Crippen LogP contribution >= 0.6 is 23.1 Å². The molecule has 1 aliphatic carbocycles. The fourth-order valence-corrected chi connectivity index (χ4v) is 5.18. The lowest BCUT2D eigenvalue weighted by Gasteiger charge is -2.06. The maximum absolute atomic E-state index is 12.2. The Morgan fingerprint density at radius 1 is 1.33 bits per heavy atom. The van der Waals surface area contributed by atoms with Gasteiger partial charge in [0.1, 0.15) is 16.2 Å². The van der Waals surface area contributed by atoms with Crippen LogP contribution in [0, 0.1) is 6.92 Å². The number of anilines is 1. The molecule has 24 heavy (non-hydrogen) atoms. The Labute approximate surface area is 148 Å². The number of amides is 1. The van der Waals surface area contributed by atoms with Crippen molar-refractivity contribution in [3.05, 3.63) is 46.6 Å². The first kappa shape index (κ1) is 15.6. The van der Waals surface area contributed by atoms with Gasteiger partial charge in [-0.3, -0.25) is 4.79 Å². The molecule has 6 heteroatoms. The topological polar surface area (TPSA) is 54.9 Å². The lowest BCUT2D eigenvalue weighted by Crippen LogP contribution is -2.14. The molecule has 0 unspecified atom stereocenters. The Morgan fingerprint density at radius 3 is 3.12 bits per heavy atom. The molecule has 0 spiro atoms. The maximum atomic E-state index is 12.2. The van der Waals surface area contributed by atoms with E-state index in [2.05, 4.69) is 15.3 Å². The molecule has 3 aromatic rings. The van der Waals surface area contributed by atoms with Crippen LogP contribution < -0.4 is 5.32 Å².